The highest BCUT2D eigenvalue weighted by molar-refractivity contribution is 8.16. The molecular weight excluding hydrogens is 482 g/mol. The largest absolute Gasteiger partial charge is 0.375 e. The number of amides is 1. The number of aliphatic imine (C=N–C) groups is 1. The Labute approximate surface area is 211 Å². The summed E-state index contributed by atoms with van der Waals surface area (Å²) in [7, 11) is -1.64. The summed E-state index contributed by atoms with van der Waals surface area (Å²) in [5.41, 5.74) is 3.45. The maximum Gasteiger partial charge on any atom is 0.274 e. The maximum absolute atomic E-state index is 12.3. The molecule has 0 aliphatic carbocycles. The Kier molecular flexibility index (Phi) is 7.18. The zero-order valence-electron chi connectivity index (χ0n) is 19.9. The highest BCUT2D eigenvalue weighted by Crippen LogP contribution is 2.41. The molecule has 3 aliphatic heterocycles. The summed E-state index contributed by atoms with van der Waals surface area (Å²) in [6.07, 6.45) is 3.47. The lowest BCUT2D eigenvalue weighted by Crippen LogP contribution is -2.38. The van der Waals surface area contributed by atoms with Gasteiger partial charge in [-0.1, -0.05) is 42.1 Å². The van der Waals surface area contributed by atoms with Crippen LogP contribution in [0.3, 0.4) is 0 Å². The molecule has 3 fully saturated rings. The molecule has 9 heteroatoms. The van der Waals surface area contributed by atoms with E-state index in [4.69, 9.17) is 4.74 Å². The number of ether oxygens (including phenoxy) is 1. The Balaban J connectivity index is 1.28. The van der Waals surface area contributed by atoms with Gasteiger partial charge in [-0.3, -0.25) is 4.79 Å². The molecule has 5 rings (SSSR count). The Morgan fingerprint density at radius 3 is 2.40 bits per heavy atom. The number of amidine groups is 1. The van der Waals surface area contributed by atoms with Crippen molar-refractivity contribution in [3.8, 4) is 0 Å². The number of nitrogens with zero attached hydrogens (tertiary/aromatic N) is 3. The van der Waals surface area contributed by atoms with Gasteiger partial charge in [0.15, 0.2) is 15.0 Å². The smallest absolute Gasteiger partial charge is 0.274 e. The van der Waals surface area contributed by atoms with Crippen LogP contribution in [0.4, 0.5) is 11.4 Å². The van der Waals surface area contributed by atoms with Gasteiger partial charge in [0.1, 0.15) is 6.61 Å². The van der Waals surface area contributed by atoms with Gasteiger partial charge >= 0.3 is 0 Å². The van der Waals surface area contributed by atoms with Gasteiger partial charge < -0.3 is 14.5 Å². The molecule has 0 aromatic heterocycles. The molecule has 0 N–H and O–H groups in total. The molecular formula is C26H31N3O4S2. The van der Waals surface area contributed by atoms with Crippen molar-refractivity contribution in [2.45, 2.75) is 30.6 Å². The Bertz CT molecular complexity index is 1180. The van der Waals surface area contributed by atoms with Crippen LogP contribution in [0.1, 0.15) is 18.4 Å². The Morgan fingerprint density at radius 1 is 1.03 bits per heavy atom. The fourth-order valence-electron chi connectivity index (χ4n) is 5.30. The van der Waals surface area contributed by atoms with E-state index < -0.39 is 9.84 Å². The third-order valence-electron chi connectivity index (χ3n) is 7.03. The van der Waals surface area contributed by atoms with Crippen molar-refractivity contribution in [3.63, 3.8) is 0 Å². The predicted octanol–water partition coefficient (Wildman–Crippen LogP) is 3.39. The van der Waals surface area contributed by atoms with Crippen LogP contribution in [-0.2, 0) is 25.8 Å². The lowest BCUT2D eigenvalue weighted by atomic mass is 9.90. The summed E-state index contributed by atoms with van der Waals surface area (Å²) in [4.78, 5) is 20.7. The number of anilines is 2. The Hall–Kier alpha value is -2.36. The number of piperidine rings is 1. The van der Waals surface area contributed by atoms with Gasteiger partial charge in [-0.2, -0.15) is 4.99 Å². The van der Waals surface area contributed by atoms with Crippen molar-refractivity contribution in [3.05, 3.63) is 60.2 Å². The van der Waals surface area contributed by atoms with Gasteiger partial charge in [0.25, 0.3) is 5.91 Å². The average molecular weight is 514 g/mol. The molecule has 0 spiro atoms. The molecule has 0 saturated carbocycles. The SMILES string of the molecule is COCC(=O)N=C1S[C@H]2CS(=O)(=O)C[C@@H]2N1c1ccc(N2CCC(Cc3ccccc3)CC2)cc1. The van der Waals surface area contributed by atoms with Gasteiger partial charge in [-0.25, -0.2) is 8.42 Å². The number of hydrogen-bond acceptors (Lipinski definition) is 6. The summed E-state index contributed by atoms with van der Waals surface area (Å²) in [5, 5.41) is 0.448. The van der Waals surface area contributed by atoms with Gasteiger partial charge in [-0.05, 0) is 55.0 Å². The number of thioether (sulfide) groups is 1. The van der Waals surface area contributed by atoms with Crippen LogP contribution in [0.25, 0.3) is 0 Å². The number of rotatable bonds is 6. The van der Waals surface area contributed by atoms with Crippen molar-refractivity contribution >= 4 is 44.0 Å². The number of fused-ring (bicyclic) bond motifs is 1. The lowest BCUT2D eigenvalue weighted by molar-refractivity contribution is -0.121. The van der Waals surface area contributed by atoms with Crippen LogP contribution in [0.2, 0.25) is 0 Å². The van der Waals surface area contributed by atoms with Crippen molar-refractivity contribution < 1.29 is 17.9 Å². The second-order valence-corrected chi connectivity index (χ2v) is 12.9. The molecule has 3 heterocycles. The minimum atomic E-state index is -3.10. The van der Waals surface area contributed by atoms with Crippen molar-refractivity contribution in [1.29, 1.82) is 0 Å². The fourth-order valence-corrected chi connectivity index (χ4v) is 9.23. The Morgan fingerprint density at radius 2 is 1.71 bits per heavy atom. The first-order valence-corrected chi connectivity index (χ1v) is 14.8. The van der Waals surface area contributed by atoms with Gasteiger partial charge in [-0.15, -0.1) is 0 Å². The van der Waals surface area contributed by atoms with Crippen LogP contribution < -0.4 is 9.80 Å². The normalized spacial score (nSPS) is 25.2. The number of hydrogen-bond donors (Lipinski definition) is 0. The molecule has 0 bridgehead atoms. The van der Waals surface area contributed by atoms with Crippen LogP contribution in [0, 0.1) is 5.92 Å². The van der Waals surface area contributed by atoms with Crippen LogP contribution >= 0.6 is 11.8 Å². The van der Waals surface area contributed by atoms with Crippen molar-refractivity contribution in [2.24, 2.45) is 10.9 Å². The molecule has 2 atom stereocenters. The summed E-state index contributed by atoms with van der Waals surface area (Å²) in [6.45, 7) is 1.96. The number of carbonyl (C=O) groups excluding carboxylic acids is 1. The van der Waals surface area contributed by atoms with E-state index in [1.165, 1.54) is 43.0 Å². The summed E-state index contributed by atoms with van der Waals surface area (Å²) >= 11 is 1.38. The molecule has 7 nitrogen and oxygen atoms in total. The molecule has 2 aromatic rings. The first kappa shape index (κ1) is 24.3. The molecule has 0 radical (unpaired) electrons. The third-order valence-corrected chi connectivity index (χ3v) is 10.2. The first-order valence-electron chi connectivity index (χ1n) is 12.1. The number of benzene rings is 2. The van der Waals surface area contributed by atoms with Gasteiger partial charge in [0, 0.05) is 36.8 Å². The van der Waals surface area contributed by atoms with Gasteiger partial charge in [0.2, 0.25) is 0 Å². The quantitative estimate of drug-likeness (QED) is 0.586. The van der Waals surface area contributed by atoms with E-state index in [1.54, 1.807) is 0 Å². The maximum atomic E-state index is 12.3. The predicted molar refractivity (Wildman–Crippen MR) is 142 cm³/mol. The van der Waals surface area contributed by atoms with E-state index in [0.717, 1.165) is 25.2 Å². The number of carbonyl (C=O) groups is 1. The molecule has 0 unspecified atom stereocenters. The van der Waals surface area contributed by atoms with Crippen molar-refractivity contribution in [2.75, 3.05) is 48.1 Å². The first-order chi connectivity index (χ1) is 16.9. The zero-order chi connectivity index (χ0) is 24.4. The van der Waals surface area contributed by atoms with E-state index >= 15 is 0 Å². The topological polar surface area (TPSA) is 79.3 Å². The number of sulfone groups is 1. The van der Waals surface area contributed by atoms with E-state index in [1.807, 2.05) is 17.0 Å². The standard InChI is InChI=1S/C26H31N3O4S2/c1-33-16-25(30)27-26-29(23-17-35(31,32)18-24(23)34-26)22-9-7-21(8-10-22)28-13-11-20(12-14-28)15-19-5-3-2-4-6-19/h2-10,20,23-24H,11-18H2,1H3/t23-,24-/m0/s1. The van der Waals surface area contributed by atoms with Gasteiger partial charge in [0.05, 0.1) is 17.5 Å². The minimum Gasteiger partial charge on any atom is -0.375 e. The van der Waals surface area contributed by atoms with Crippen molar-refractivity contribution in [1.82, 2.24) is 0 Å². The molecule has 1 amide bonds. The van der Waals surface area contributed by atoms with E-state index in [-0.39, 0.29) is 35.3 Å². The minimum absolute atomic E-state index is 0.0822. The molecule has 35 heavy (non-hydrogen) atoms. The second-order valence-electron chi connectivity index (χ2n) is 9.53. The molecule has 186 valence electrons. The monoisotopic (exact) mass is 513 g/mol. The van der Waals surface area contributed by atoms with E-state index in [9.17, 15) is 13.2 Å². The summed E-state index contributed by atoms with van der Waals surface area (Å²) in [6, 6.07) is 18.7. The molecule has 3 aliphatic rings. The fraction of sp³-hybridized carbons (Fsp3) is 0.462. The highest BCUT2D eigenvalue weighted by Gasteiger charge is 2.49. The highest BCUT2D eigenvalue weighted by atomic mass is 32.2. The molecule has 2 aromatic carbocycles. The average Bonchev–Trinajstić information content (AvgIpc) is 3.31. The summed E-state index contributed by atoms with van der Waals surface area (Å²) in [5.74, 6) is 0.544. The van der Waals surface area contributed by atoms with Crippen LogP contribution in [0.15, 0.2) is 59.6 Å². The van der Waals surface area contributed by atoms with E-state index in [0.29, 0.717) is 11.1 Å². The van der Waals surface area contributed by atoms with Crippen LogP contribution in [0.5, 0.6) is 0 Å². The lowest BCUT2D eigenvalue weighted by Gasteiger charge is -2.34. The zero-order valence-corrected chi connectivity index (χ0v) is 21.5. The number of methoxy groups -OCH3 is 1. The third kappa shape index (κ3) is 5.57. The second kappa shape index (κ2) is 10.3. The summed E-state index contributed by atoms with van der Waals surface area (Å²) < 4.78 is 29.5. The van der Waals surface area contributed by atoms with E-state index in [2.05, 4.69) is 52.4 Å². The molecule has 3 saturated heterocycles. The van der Waals surface area contributed by atoms with Crippen LogP contribution in [-0.4, -0.2) is 69.1 Å².